The molecule has 162 valence electrons. The van der Waals surface area contributed by atoms with E-state index >= 15 is 0 Å². The SMILES string of the molecule is COc1ccc(C(=O)CSc2ccc(NS(=O)(=O)c3ccc(C)cc3)cc2)cc1OC. The molecule has 3 aromatic rings. The van der Waals surface area contributed by atoms with Gasteiger partial charge in [-0.25, -0.2) is 8.42 Å². The zero-order valence-corrected chi connectivity index (χ0v) is 19.0. The number of sulfonamides is 1. The largest absolute Gasteiger partial charge is 0.493 e. The van der Waals surface area contributed by atoms with Crippen LogP contribution in [-0.4, -0.2) is 34.2 Å². The van der Waals surface area contributed by atoms with Gasteiger partial charge in [0.05, 0.1) is 24.9 Å². The number of hydrogen-bond acceptors (Lipinski definition) is 6. The molecule has 0 aliphatic carbocycles. The summed E-state index contributed by atoms with van der Waals surface area (Å²) >= 11 is 1.37. The molecule has 3 aromatic carbocycles. The van der Waals surface area contributed by atoms with E-state index in [1.807, 2.05) is 6.92 Å². The summed E-state index contributed by atoms with van der Waals surface area (Å²) in [5.74, 6) is 1.26. The first-order valence-corrected chi connectivity index (χ1v) is 11.9. The molecule has 0 spiro atoms. The van der Waals surface area contributed by atoms with Crippen LogP contribution < -0.4 is 14.2 Å². The molecule has 0 fully saturated rings. The van der Waals surface area contributed by atoms with Crippen LogP contribution in [0.15, 0.2) is 76.5 Å². The van der Waals surface area contributed by atoms with Gasteiger partial charge in [-0.2, -0.15) is 0 Å². The molecule has 0 atom stereocenters. The molecule has 0 saturated heterocycles. The third-order valence-corrected chi connectivity index (χ3v) is 6.92. The highest BCUT2D eigenvalue weighted by Gasteiger charge is 2.14. The highest BCUT2D eigenvalue weighted by molar-refractivity contribution is 8.00. The van der Waals surface area contributed by atoms with Crippen molar-refractivity contribution in [2.45, 2.75) is 16.7 Å². The number of nitrogens with one attached hydrogen (secondary N) is 1. The number of aryl methyl sites for hydroxylation is 1. The lowest BCUT2D eigenvalue weighted by Gasteiger charge is -2.10. The van der Waals surface area contributed by atoms with E-state index in [0.29, 0.717) is 22.7 Å². The van der Waals surface area contributed by atoms with E-state index in [-0.39, 0.29) is 16.4 Å². The van der Waals surface area contributed by atoms with Gasteiger partial charge in [0.25, 0.3) is 10.0 Å². The number of benzene rings is 3. The molecule has 0 aliphatic rings. The molecule has 0 saturated carbocycles. The van der Waals surface area contributed by atoms with E-state index in [1.54, 1.807) is 73.8 Å². The topological polar surface area (TPSA) is 81.7 Å². The van der Waals surface area contributed by atoms with Crippen molar-refractivity contribution in [2.24, 2.45) is 0 Å². The lowest BCUT2D eigenvalue weighted by molar-refractivity contribution is 0.102. The van der Waals surface area contributed by atoms with Crippen LogP contribution in [0, 0.1) is 6.92 Å². The first kappa shape index (κ1) is 22.7. The molecule has 0 heterocycles. The Bertz CT molecular complexity index is 1160. The fraction of sp³-hybridized carbons (Fsp3) is 0.174. The van der Waals surface area contributed by atoms with Crippen molar-refractivity contribution < 1.29 is 22.7 Å². The van der Waals surface area contributed by atoms with Crippen LogP contribution >= 0.6 is 11.8 Å². The molecule has 3 rings (SSSR count). The lowest BCUT2D eigenvalue weighted by atomic mass is 10.1. The van der Waals surface area contributed by atoms with Crippen molar-refractivity contribution in [3.63, 3.8) is 0 Å². The number of methoxy groups -OCH3 is 2. The van der Waals surface area contributed by atoms with Crippen molar-refractivity contribution in [1.29, 1.82) is 0 Å². The second-order valence-electron chi connectivity index (χ2n) is 6.72. The second-order valence-corrected chi connectivity index (χ2v) is 9.46. The quantitative estimate of drug-likeness (QED) is 0.368. The molecule has 1 N–H and O–H groups in total. The van der Waals surface area contributed by atoms with Gasteiger partial charge in [-0.15, -0.1) is 11.8 Å². The minimum atomic E-state index is -3.65. The fourth-order valence-corrected chi connectivity index (χ4v) is 4.64. The molecular weight excluding hydrogens is 434 g/mol. The maximum Gasteiger partial charge on any atom is 0.261 e. The molecule has 0 unspecified atom stereocenters. The zero-order chi connectivity index (χ0) is 22.4. The van der Waals surface area contributed by atoms with E-state index in [9.17, 15) is 13.2 Å². The van der Waals surface area contributed by atoms with Crippen molar-refractivity contribution in [2.75, 3.05) is 24.7 Å². The fourth-order valence-electron chi connectivity index (χ4n) is 2.79. The minimum Gasteiger partial charge on any atom is -0.493 e. The molecule has 0 radical (unpaired) electrons. The summed E-state index contributed by atoms with van der Waals surface area (Å²) in [6, 6.07) is 18.6. The smallest absolute Gasteiger partial charge is 0.261 e. The number of thioether (sulfide) groups is 1. The highest BCUT2D eigenvalue weighted by Crippen LogP contribution is 2.29. The summed E-state index contributed by atoms with van der Waals surface area (Å²) in [5.41, 5.74) is 1.98. The van der Waals surface area contributed by atoms with E-state index in [0.717, 1.165) is 10.5 Å². The van der Waals surface area contributed by atoms with E-state index in [1.165, 1.54) is 18.9 Å². The standard InChI is InChI=1S/C23H23NO5S2/c1-16-4-11-20(12-5-16)31(26,27)24-18-7-9-19(10-8-18)30-15-21(25)17-6-13-22(28-2)23(14-17)29-3/h4-14,24H,15H2,1-3H3. The summed E-state index contributed by atoms with van der Waals surface area (Å²) in [4.78, 5) is 13.6. The lowest BCUT2D eigenvalue weighted by Crippen LogP contribution is -2.12. The van der Waals surface area contributed by atoms with Crippen LogP contribution in [0.4, 0.5) is 5.69 Å². The average molecular weight is 458 g/mol. The van der Waals surface area contributed by atoms with Gasteiger partial charge in [-0.3, -0.25) is 9.52 Å². The molecule has 31 heavy (non-hydrogen) atoms. The minimum absolute atomic E-state index is 0.0462. The Labute approximate surface area is 186 Å². The summed E-state index contributed by atoms with van der Waals surface area (Å²) in [5, 5.41) is 0. The third kappa shape index (κ3) is 5.80. The first-order chi connectivity index (χ1) is 14.8. The van der Waals surface area contributed by atoms with Crippen LogP contribution in [0.3, 0.4) is 0 Å². The number of carbonyl (C=O) groups is 1. The number of rotatable bonds is 9. The van der Waals surface area contributed by atoms with Crippen molar-refractivity contribution >= 4 is 33.3 Å². The third-order valence-electron chi connectivity index (χ3n) is 4.51. The van der Waals surface area contributed by atoms with Crippen molar-refractivity contribution in [3.05, 3.63) is 77.9 Å². The molecule has 0 aliphatic heterocycles. The zero-order valence-electron chi connectivity index (χ0n) is 17.4. The molecular formula is C23H23NO5S2. The summed E-state index contributed by atoms with van der Waals surface area (Å²) < 4.78 is 38.0. The van der Waals surface area contributed by atoms with Gasteiger partial charge in [-0.1, -0.05) is 17.7 Å². The summed E-state index contributed by atoms with van der Waals surface area (Å²) in [6.45, 7) is 1.90. The second kappa shape index (κ2) is 9.89. The number of ether oxygens (including phenoxy) is 2. The number of ketones is 1. The predicted octanol–water partition coefficient (Wildman–Crippen LogP) is 4.79. The predicted molar refractivity (Wildman–Crippen MR) is 123 cm³/mol. The number of Topliss-reactive ketones (excluding diaryl/α,β-unsaturated/α-hetero) is 1. The van der Waals surface area contributed by atoms with Gasteiger partial charge in [-0.05, 0) is 61.5 Å². The van der Waals surface area contributed by atoms with E-state index in [2.05, 4.69) is 4.72 Å². The maximum absolute atomic E-state index is 12.5. The van der Waals surface area contributed by atoms with Crippen LogP contribution in [0.25, 0.3) is 0 Å². The van der Waals surface area contributed by atoms with Crippen LogP contribution in [0.2, 0.25) is 0 Å². The Hall–Kier alpha value is -2.97. The molecule has 0 bridgehead atoms. The van der Waals surface area contributed by atoms with E-state index < -0.39 is 10.0 Å². The monoisotopic (exact) mass is 457 g/mol. The van der Waals surface area contributed by atoms with E-state index in [4.69, 9.17) is 9.47 Å². The van der Waals surface area contributed by atoms with Gasteiger partial charge < -0.3 is 9.47 Å². The average Bonchev–Trinajstić information content (AvgIpc) is 2.78. The van der Waals surface area contributed by atoms with Gasteiger partial charge in [0, 0.05) is 16.1 Å². The Morgan fingerprint density at radius 3 is 2.16 bits per heavy atom. The van der Waals surface area contributed by atoms with Crippen molar-refractivity contribution in [3.8, 4) is 11.5 Å². The van der Waals surface area contributed by atoms with Crippen LogP contribution in [0.5, 0.6) is 11.5 Å². The Balaban J connectivity index is 1.62. The number of anilines is 1. The first-order valence-electron chi connectivity index (χ1n) is 9.40. The molecule has 6 nitrogen and oxygen atoms in total. The van der Waals surface area contributed by atoms with Gasteiger partial charge >= 0.3 is 0 Å². The summed E-state index contributed by atoms with van der Waals surface area (Å²) in [6.07, 6.45) is 0. The Morgan fingerprint density at radius 1 is 0.903 bits per heavy atom. The number of hydrogen-bond donors (Lipinski definition) is 1. The molecule has 0 aromatic heterocycles. The normalized spacial score (nSPS) is 11.1. The molecule has 0 amide bonds. The van der Waals surface area contributed by atoms with Crippen LogP contribution in [-0.2, 0) is 10.0 Å². The molecule has 8 heteroatoms. The van der Waals surface area contributed by atoms with Gasteiger partial charge in [0.1, 0.15) is 0 Å². The Kier molecular flexibility index (Phi) is 7.25. The summed E-state index contributed by atoms with van der Waals surface area (Å²) in [7, 11) is -0.585. The maximum atomic E-state index is 12.5. The van der Waals surface area contributed by atoms with Crippen LogP contribution in [0.1, 0.15) is 15.9 Å². The van der Waals surface area contributed by atoms with Gasteiger partial charge in [0.15, 0.2) is 17.3 Å². The Morgan fingerprint density at radius 2 is 1.55 bits per heavy atom. The van der Waals surface area contributed by atoms with Gasteiger partial charge in [0.2, 0.25) is 0 Å². The van der Waals surface area contributed by atoms with Crippen molar-refractivity contribution in [1.82, 2.24) is 0 Å². The number of carbonyl (C=O) groups excluding carboxylic acids is 1. The highest BCUT2D eigenvalue weighted by atomic mass is 32.2.